The standard InChI is InChI=1S/C8H14O3S/c1-6-5-7(6)8(9)3-4-12(2,10)11/h6-7H,3-5H2,1-2H3. The first-order valence-corrected chi connectivity index (χ1v) is 6.16. The van der Waals surface area contributed by atoms with Crippen LogP contribution in [0.3, 0.4) is 0 Å². The fraction of sp³-hybridized carbons (Fsp3) is 0.875. The van der Waals surface area contributed by atoms with Gasteiger partial charge in [0.1, 0.15) is 15.6 Å². The Labute approximate surface area is 73.1 Å². The number of Topliss-reactive ketones (excluding diaryl/α,β-unsaturated/α-hetero) is 1. The topological polar surface area (TPSA) is 51.2 Å². The molecule has 0 heterocycles. The van der Waals surface area contributed by atoms with Gasteiger partial charge in [-0.05, 0) is 12.3 Å². The van der Waals surface area contributed by atoms with Gasteiger partial charge in [0.25, 0.3) is 0 Å². The van der Waals surface area contributed by atoms with E-state index in [-0.39, 0.29) is 23.9 Å². The minimum absolute atomic E-state index is 0.00898. The molecule has 0 aromatic heterocycles. The Morgan fingerprint density at radius 2 is 2.00 bits per heavy atom. The van der Waals surface area contributed by atoms with Crippen molar-refractivity contribution in [2.24, 2.45) is 11.8 Å². The Kier molecular flexibility index (Phi) is 2.56. The summed E-state index contributed by atoms with van der Waals surface area (Å²) >= 11 is 0. The number of sulfone groups is 1. The van der Waals surface area contributed by atoms with E-state index < -0.39 is 9.84 Å². The third kappa shape index (κ3) is 2.93. The summed E-state index contributed by atoms with van der Waals surface area (Å²) in [6, 6.07) is 0. The van der Waals surface area contributed by atoms with Crippen molar-refractivity contribution < 1.29 is 13.2 Å². The van der Waals surface area contributed by atoms with Crippen molar-refractivity contribution in [3.05, 3.63) is 0 Å². The summed E-state index contributed by atoms with van der Waals surface area (Å²) in [7, 11) is -2.96. The van der Waals surface area contributed by atoms with Gasteiger partial charge in [0, 0.05) is 18.6 Å². The van der Waals surface area contributed by atoms with Gasteiger partial charge in [0.2, 0.25) is 0 Å². The molecule has 0 bridgehead atoms. The Hall–Kier alpha value is -0.380. The smallest absolute Gasteiger partial charge is 0.147 e. The van der Waals surface area contributed by atoms with E-state index in [1.807, 2.05) is 6.92 Å². The molecule has 1 aliphatic rings. The molecule has 2 atom stereocenters. The fourth-order valence-electron chi connectivity index (χ4n) is 1.24. The summed E-state index contributed by atoms with van der Waals surface area (Å²) in [5, 5.41) is 0. The minimum Gasteiger partial charge on any atom is -0.299 e. The lowest BCUT2D eigenvalue weighted by Gasteiger charge is -1.96. The SMILES string of the molecule is CC1CC1C(=O)CCS(C)(=O)=O. The molecule has 0 spiro atoms. The molecule has 1 fully saturated rings. The zero-order chi connectivity index (χ0) is 9.35. The molecule has 12 heavy (non-hydrogen) atoms. The Bertz CT molecular complexity index is 279. The number of rotatable bonds is 4. The van der Waals surface area contributed by atoms with Crippen LogP contribution < -0.4 is 0 Å². The Morgan fingerprint density at radius 3 is 2.33 bits per heavy atom. The predicted molar refractivity (Wildman–Crippen MR) is 46.6 cm³/mol. The monoisotopic (exact) mass is 190 g/mol. The van der Waals surface area contributed by atoms with Crippen molar-refractivity contribution in [1.82, 2.24) is 0 Å². The maximum absolute atomic E-state index is 11.2. The van der Waals surface area contributed by atoms with E-state index in [0.717, 1.165) is 12.7 Å². The number of carbonyl (C=O) groups excluding carboxylic acids is 1. The van der Waals surface area contributed by atoms with E-state index in [9.17, 15) is 13.2 Å². The van der Waals surface area contributed by atoms with Gasteiger partial charge in [-0.25, -0.2) is 8.42 Å². The highest BCUT2D eigenvalue weighted by Crippen LogP contribution is 2.39. The van der Waals surface area contributed by atoms with E-state index in [1.165, 1.54) is 0 Å². The molecule has 1 rings (SSSR count). The molecule has 1 saturated carbocycles. The molecular formula is C8H14O3S. The van der Waals surface area contributed by atoms with E-state index in [0.29, 0.717) is 5.92 Å². The van der Waals surface area contributed by atoms with E-state index in [2.05, 4.69) is 0 Å². The summed E-state index contributed by atoms with van der Waals surface area (Å²) in [6.45, 7) is 2.02. The molecule has 0 N–H and O–H groups in total. The van der Waals surface area contributed by atoms with Crippen LogP contribution in [0.5, 0.6) is 0 Å². The Morgan fingerprint density at radius 1 is 1.50 bits per heavy atom. The summed E-state index contributed by atoms with van der Waals surface area (Å²) in [4.78, 5) is 11.2. The third-order valence-corrected chi connectivity index (χ3v) is 3.19. The van der Waals surface area contributed by atoms with Gasteiger partial charge < -0.3 is 0 Å². The van der Waals surface area contributed by atoms with Crippen molar-refractivity contribution in [3.8, 4) is 0 Å². The van der Waals surface area contributed by atoms with Crippen LogP contribution in [0.15, 0.2) is 0 Å². The second-order valence-electron chi connectivity index (χ2n) is 3.67. The lowest BCUT2D eigenvalue weighted by molar-refractivity contribution is -0.120. The van der Waals surface area contributed by atoms with Crippen LogP contribution in [0, 0.1) is 11.8 Å². The average molecular weight is 190 g/mol. The maximum Gasteiger partial charge on any atom is 0.147 e. The molecule has 0 aliphatic heterocycles. The summed E-state index contributed by atoms with van der Waals surface area (Å²) in [5.74, 6) is 0.770. The molecule has 0 radical (unpaired) electrons. The van der Waals surface area contributed by atoms with Gasteiger partial charge in [-0.3, -0.25) is 4.79 Å². The van der Waals surface area contributed by atoms with Gasteiger partial charge in [0.15, 0.2) is 0 Å². The van der Waals surface area contributed by atoms with Crippen molar-refractivity contribution in [2.75, 3.05) is 12.0 Å². The first-order valence-electron chi connectivity index (χ1n) is 4.10. The summed E-state index contributed by atoms with van der Waals surface area (Å²) in [5.41, 5.74) is 0. The number of carbonyl (C=O) groups is 1. The zero-order valence-electron chi connectivity index (χ0n) is 7.41. The summed E-state index contributed by atoms with van der Waals surface area (Å²) < 4.78 is 21.4. The van der Waals surface area contributed by atoms with Gasteiger partial charge in [-0.1, -0.05) is 6.92 Å². The van der Waals surface area contributed by atoms with Gasteiger partial charge >= 0.3 is 0 Å². The molecule has 0 amide bonds. The van der Waals surface area contributed by atoms with Crippen molar-refractivity contribution in [3.63, 3.8) is 0 Å². The molecule has 2 unspecified atom stereocenters. The van der Waals surface area contributed by atoms with E-state index in [4.69, 9.17) is 0 Å². The maximum atomic E-state index is 11.2. The average Bonchev–Trinajstić information content (AvgIpc) is 2.60. The second-order valence-corrected chi connectivity index (χ2v) is 5.93. The number of hydrogen-bond donors (Lipinski definition) is 0. The highest BCUT2D eigenvalue weighted by molar-refractivity contribution is 7.90. The van der Waals surface area contributed by atoms with Gasteiger partial charge in [-0.15, -0.1) is 0 Å². The quantitative estimate of drug-likeness (QED) is 0.654. The lowest BCUT2D eigenvalue weighted by atomic mass is 10.2. The highest BCUT2D eigenvalue weighted by atomic mass is 32.2. The van der Waals surface area contributed by atoms with Crippen LogP contribution in [0.25, 0.3) is 0 Å². The zero-order valence-corrected chi connectivity index (χ0v) is 8.23. The van der Waals surface area contributed by atoms with Crippen LogP contribution >= 0.6 is 0 Å². The molecule has 4 heteroatoms. The first-order chi connectivity index (χ1) is 5.40. The normalized spacial score (nSPS) is 28.5. The van der Waals surface area contributed by atoms with Crippen molar-refractivity contribution >= 4 is 15.6 Å². The third-order valence-electron chi connectivity index (χ3n) is 2.24. The molecule has 70 valence electrons. The summed E-state index contributed by atoms with van der Waals surface area (Å²) in [6.07, 6.45) is 2.31. The van der Waals surface area contributed by atoms with Gasteiger partial charge in [-0.2, -0.15) is 0 Å². The second kappa shape index (κ2) is 3.17. The fourth-order valence-corrected chi connectivity index (χ4v) is 1.81. The van der Waals surface area contributed by atoms with Crippen LogP contribution in [0.2, 0.25) is 0 Å². The Balaban J connectivity index is 2.29. The largest absolute Gasteiger partial charge is 0.299 e. The number of ketones is 1. The van der Waals surface area contributed by atoms with E-state index in [1.54, 1.807) is 0 Å². The predicted octanol–water partition coefficient (Wildman–Crippen LogP) is 0.646. The molecule has 0 aromatic rings. The number of hydrogen-bond acceptors (Lipinski definition) is 3. The molecular weight excluding hydrogens is 176 g/mol. The van der Waals surface area contributed by atoms with Crippen LogP contribution in [0.4, 0.5) is 0 Å². The molecule has 3 nitrogen and oxygen atoms in total. The van der Waals surface area contributed by atoms with Crippen LogP contribution in [-0.4, -0.2) is 26.2 Å². The van der Waals surface area contributed by atoms with Crippen LogP contribution in [0.1, 0.15) is 19.8 Å². The molecule has 0 aromatic carbocycles. The van der Waals surface area contributed by atoms with Crippen molar-refractivity contribution in [1.29, 1.82) is 0 Å². The van der Waals surface area contributed by atoms with Crippen molar-refractivity contribution in [2.45, 2.75) is 19.8 Å². The first kappa shape index (κ1) is 9.71. The van der Waals surface area contributed by atoms with E-state index >= 15 is 0 Å². The molecule has 0 saturated heterocycles. The van der Waals surface area contributed by atoms with Crippen LogP contribution in [-0.2, 0) is 14.6 Å². The molecule has 1 aliphatic carbocycles. The van der Waals surface area contributed by atoms with Gasteiger partial charge in [0.05, 0.1) is 5.75 Å². The lowest BCUT2D eigenvalue weighted by Crippen LogP contribution is -2.11. The highest BCUT2D eigenvalue weighted by Gasteiger charge is 2.38. The minimum atomic E-state index is -2.96.